The number of ether oxygens (including phenoxy) is 1. The fraction of sp³-hybridized carbons (Fsp3) is 0.333. The highest BCUT2D eigenvalue weighted by Crippen LogP contribution is 2.27. The lowest BCUT2D eigenvalue weighted by Gasteiger charge is -2.09. The summed E-state index contributed by atoms with van der Waals surface area (Å²) in [6.45, 7) is 4.73. The van der Waals surface area contributed by atoms with Gasteiger partial charge in [0.1, 0.15) is 5.75 Å². The van der Waals surface area contributed by atoms with Crippen molar-refractivity contribution in [1.82, 2.24) is 9.97 Å². The SMILES string of the molecule is CCCNc1ncc(F)c(Oc2ccc(Cl)c(CC)c2)n1. The largest absolute Gasteiger partial charge is 0.436 e. The molecule has 0 spiro atoms. The number of halogens is 2. The van der Waals surface area contributed by atoms with Crippen LogP contribution in [0.4, 0.5) is 10.3 Å². The molecule has 0 atom stereocenters. The smallest absolute Gasteiger partial charge is 0.260 e. The molecular weight excluding hydrogens is 293 g/mol. The fourth-order valence-corrected chi connectivity index (χ4v) is 1.99. The first-order valence-corrected chi connectivity index (χ1v) is 7.24. The zero-order valence-corrected chi connectivity index (χ0v) is 12.7. The number of nitrogens with zero attached hydrogens (tertiary/aromatic N) is 2. The monoisotopic (exact) mass is 309 g/mol. The van der Waals surface area contributed by atoms with Crippen molar-refractivity contribution in [3.63, 3.8) is 0 Å². The van der Waals surface area contributed by atoms with E-state index in [4.69, 9.17) is 16.3 Å². The van der Waals surface area contributed by atoms with Gasteiger partial charge in [0, 0.05) is 11.6 Å². The Balaban J connectivity index is 2.22. The lowest BCUT2D eigenvalue weighted by molar-refractivity contribution is 0.420. The molecule has 0 unspecified atom stereocenters. The van der Waals surface area contributed by atoms with Gasteiger partial charge in [0.2, 0.25) is 11.8 Å². The van der Waals surface area contributed by atoms with Crippen molar-refractivity contribution < 1.29 is 9.13 Å². The van der Waals surface area contributed by atoms with Gasteiger partial charge in [0.05, 0.1) is 6.20 Å². The molecular formula is C15H17ClFN3O. The molecule has 1 aromatic heterocycles. The van der Waals surface area contributed by atoms with E-state index >= 15 is 0 Å². The van der Waals surface area contributed by atoms with Crippen molar-refractivity contribution in [3.05, 3.63) is 40.8 Å². The van der Waals surface area contributed by atoms with Gasteiger partial charge in [-0.25, -0.2) is 4.98 Å². The predicted molar refractivity (Wildman–Crippen MR) is 81.7 cm³/mol. The third kappa shape index (κ3) is 4.04. The second kappa shape index (κ2) is 7.22. The van der Waals surface area contributed by atoms with Gasteiger partial charge in [0.15, 0.2) is 0 Å². The Bertz CT molecular complexity index is 622. The second-order valence-corrected chi connectivity index (χ2v) is 4.89. The molecule has 4 nitrogen and oxygen atoms in total. The summed E-state index contributed by atoms with van der Waals surface area (Å²) < 4.78 is 19.2. The van der Waals surface area contributed by atoms with E-state index in [0.29, 0.717) is 23.3 Å². The average molecular weight is 310 g/mol. The molecule has 0 saturated heterocycles. The number of benzene rings is 1. The van der Waals surface area contributed by atoms with Crippen molar-refractivity contribution in [2.75, 3.05) is 11.9 Å². The third-order valence-corrected chi connectivity index (χ3v) is 3.23. The average Bonchev–Trinajstić information content (AvgIpc) is 2.50. The van der Waals surface area contributed by atoms with Crippen molar-refractivity contribution in [1.29, 1.82) is 0 Å². The summed E-state index contributed by atoms with van der Waals surface area (Å²) in [5.41, 5.74) is 0.938. The minimum atomic E-state index is -0.606. The molecule has 0 aliphatic heterocycles. The molecule has 1 aromatic carbocycles. The van der Waals surface area contributed by atoms with E-state index in [-0.39, 0.29) is 5.88 Å². The zero-order valence-electron chi connectivity index (χ0n) is 12.0. The molecule has 2 aromatic rings. The van der Waals surface area contributed by atoms with Gasteiger partial charge in [-0.3, -0.25) is 0 Å². The fourth-order valence-electron chi connectivity index (χ4n) is 1.74. The summed E-state index contributed by atoms with van der Waals surface area (Å²) in [6, 6.07) is 5.19. The molecule has 0 amide bonds. The van der Waals surface area contributed by atoms with Crippen LogP contribution in [0, 0.1) is 5.82 Å². The molecule has 0 radical (unpaired) electrons. The molecule has 0 aliphatic rings. The normalized spacial score (nSPS) is 10.5. The first-order valence-electron chi connectivity index (χ1n) is 6.86. The molecule has 21 heavy (non-hydrogen) atoms. The Hall–Kier alpha value is -1.88. The molecule has 0 saturated carbocycles. The molecule has 0 aliphatic carbocycles. The number of aryl methyl sites for hydroxylation is 1. The molecule has 0 bridgehead atoms. The summed E-state index contributed by atoms with van der Waals surface area (Å²) >= 11 is 6.05. The molecule has 2 rings (SSSR count). The highest BCUT2D eigenvalue weighted by atomic mass is 35.5. The number of anilines is 1. The van der Waals surface area contributed by atoms with Crippen LogP contribution in [0.5, 0.6) is 11.6 Å². The molecule has 1 heterocycles. The van der Waals surface area contributed by atoms with Gasteiger partial charge in [-0.2, -0.15) is 9.37 Å². The van der Waals surface area contributed by atoms with Crippen LogP contribution in [0.15, 0.2) is 24.4 Å². The summed E-state index contributed by atoms with van der Waals surface area (Å²) in [5, 5.41) is 3.65. The van der Waals surface area contributed by atoms with Crippen molar-refractivity contribution >= 4 is 17.5 Å². The molecule has 1 N–H and O–H groups in total. The maximum Gasteiger partial charge on any atom is 0.260 e. The Morgan fingerprint density at radius 2 is 2.14 bits per heavy atom. The van der Waals surface area contributed by atoms with E-state index < -0.39 is 5.82 Å². The second-order valence-electron chi connectivity index (χ2n) is 4.48. The van der Waals surface area contributed by atoms with E-state index in [1.165, 1.54) is 0 Å². The van der Waals surface area contributed by atoms with E-state index in [2.05, 4.69) is 15.3 Å². The van der Waals surface area contributed by atoms with Gasteiger partial charge in [0.25, 0.3) is 5.88 Å². The topological polar surface area (TPSA) is 47.0 Å². The van der Waals surface area contributed by atoms with Crippen LogP contribution in [0.3, 0.4) is 0 Å². The van der Waals surface area contributed by atoms with E-state index in [0.717, 1.165) is 24.6 Å². The van der Waals surface area contributed by atoms with Gasteiger partial charge in [-0.15, -0.1) is 0 Å². The van der Waals surface area contributed by atoms with Crippen molar-refractivity contribution in [3.8, 4) is 11.6 Å². The number of hydrogen-bond acceptors (Lipinski definition) is 4. The van der Waals surface area contributed by atoms with Gasteiger partial charge >= 0.3 is 0 Å². The standard InChI is InChI=1S/C15H17ClFN3O/c1-3-7-18-15-19-9-13(17)14(20-15)21-11-5-6-12(16)10(4-2)8-11/h5-6,8-9H,3-4,7H2,1-2H3,(H,18,19,20). The first-order chi connectivity index (χ1) is 10.1. The predicted octanol–water partition coefficient (Wildman–Crippen LogP) is 4.45. The number of hydrogen-bond donors (Lipinski definition) is 1. The summed E-state index contributed by atoms with van der Waals surface area (Å²) in [6.07, 6.45) is 2.79. The molecule has 0 fully saturated rings. The molecule has 112 valence electrons. The van der Waals surface area contributed by atoms with Crippen LogP contribution in [-0.2, 0) is 6.42 Å². The Morgan fingerprint density at radius 3 is 2.86 bits per heavy atom. The maximum atomic E-state index is 13.7. The van der Waals surface area contributed by atoms with Crippen molar-refractivity contribution in [2.24, 2.45) is 0 Å². The highest BCUT2D eigenvalue weighted by molar-refractivity contribution is 6.31. The first kappa shape index (κ1) is 15.5. The number of nitrogens with one attached hydrogen (secondary N) is 1. The minimum Gasteiger partial charge on any atom is -0.436 e. The van der Waals surface area contributed by atoms with E-state index in [1.54, 1.807) is 18.2 Å². The van der Waals surface area contributed by atoms with Crippen molar-refractivity contribution in [2.45, 2.75) is 26.7 Å². The molecule has 6 heteroatoms. The lowest BCUT2D eigenvalue weighted by Crippen LogP contribution is -2.05. The quantitative estimate of drug-likeness (QED) is 0.856. The van der Waals surface area contributed by atoms with Crippen LogP contribution < -0.4 is 10.1 Å². The van der Waals surface area contributed by atoms with Crippen LogP contribution in [0.1, 0.15) is 25.8 Å². The third-order valence-electron chi connectivity index (χ3n) is 2.86. The summed E-state index contributed by atoms with van der Waals surface area (Å²) in [4.78, 5) is 7.90. The lowest BCUT2D eigenvalue weighted by atomic mass is 10.1. The Kier molecular flexibility index (Phi) is 5.33. The summed E-state index contributed by atoms with van der Waals surface area (Å²) in [7, 11) is 0. The Morgan fingerprint density at radius 1 is 1.33 bits per heavy atom. The van der Waals surface area contributed by atoms with Crippen LogP contribution >= 0.6 is 11.6 Å². The Labute approximate surface area is 128 Å². The number of aromatic nitrogens is 2. The van der Waals surface area contributed by atoms with Gasteiger partial charge < -0.3 is 10.1 Å². The van der Waals surface area contributed by atoms with E-state index in [1.807, 2.05) is 13.8 Å². The van der Waals surface area contributed by atoms with Crippen LogP contribution in [-0.4, -0.2) is 16.5 Å². The maximum absolute atomic E-state index is 13.7. The highest BCUT2D eigenvalue weighted by Gasteiger charge is 2.10. The van der Waals surface area contributed by atoms with Crippen LogP contribution in [0.2, 0.25) is 5.02 Å². The zero-order chi connectivity index (χ0) is 15.2. The summed E-state index contributed by atoms with van der Waals surface area (Å²) in [5.74, 6) is 0.131. The number of rotatable bonds is 6. The van der Waals surface area contributed by atoms with E-state index in [9.17, 15) is 4.39 Å². The minimum absolute atomic E-state index is 0.104. The van der Waals surface area contributed by atoms with Gasteiger partial charge in [-0.1, -0.05) is 25.4 Å². The van der Waals surface area contributed by atoms with Gasteiger partial charge in [-0.05, 0) is 36.6 Å². The van der Waals surface area contributed by atoms with Crippen LogP contribution in [0.25, 0.3) is 0 Å².